The van der Waals surface area contributed by atoms with Gasteiger partial charge in [-0.2, -0.15) is 0 Å². The van der Waals surface area contributed by atoms with Crippen LogP contribution in [-0.4, -0.2) is 23.0 Å². The topological polar surface area (TPSA) is 68.3 Å². The van der Waals surface area contributed by atoms with E-state index in [-0.39, 0.29) is 5.56 Å². The van der Waals surface area contributed by atoms with Crippen molar-refractivity contribution in [1.29, 1.82) is 0 Å². The molecule has 0 bridgehead atoms. The Morgan fingerprint density at radius 3 is 2.50 bits per heavy atom. The van der Waals surface area contributed by atoms with Gasteiger partial charge in [0.1, 0.15) is 5.82 Å². The van der Waals surface area contributed by atoms with E-state index in [0.29, 0.717) is 5.13 Å². The number of rotatable bonds is 5. The number of carbonyl (C=O) groups is 2. The third-order valence-electron chi connectivity index (χ3n) is 3.54. The van der Waals surface area contributed by atoms with Crippen LogP contribution in [0.1, 0.15) is 17.3 Å². The average molecular weight is 370 g/mol. The molecule has 0 radical (unpaired) electrons. The summed E-state index contributed by atoms with van der Waals surface area (Å²) in [6.45, 7) is 1.46. The van der Waals surface area contributed by atoms with Crippen molar-refractivity contribution in [3.8, 4) is 11.3 Å². The Morgan fingerprint density at radius 2 is 1.81 bits per heavy atom. The van der Waals surface area contributed by atoms with Crippen LogP contribution in [0, 0.1) is 5.82 Å². The number of hydrogen-bond donors (Lipinski definition) is 1. The number of amides is 1. The van der Waals surface area contributed by atoms with E-state index in [2.05, 4.69) is 10.3 Å². The van der Waals surface area contributed by atoms with Gasteiger partial charge in [-0.25, -0.2) is 14.2 Å². The molecule has 0 aliphatic carbocycles. The van der Waals surface area contributed by atoms with Crippen LogP contribution in [0.4, 0.5) is 9.52 Å². The summed E-state index contributed by atoms with van der Waals surface area (Å²) in [5.74, 6) is -1.64. The number of thiazole rings is 1. The molecule has 0 aliphatic heterocycles. The van der Waals surface area contributed by atoms with Gasteiger partial charge in [0.25, 0.3) is 5.91 Å². The molecule has 1 atom stereocenters. The molecule has 7 heteroatoms. The van der Waals surface area contributed by atoms with Crippen molar-refractivity contribution in [3.63, 3.8) is 0 Å². The molecule has 0 saturated heterocycles. The summed E-state index contributed by atoms with van der Waals surface area (Å²) in [4.78, 5) is 28.5. The Balaban J connectivity index is 1.60. The number of ether oxygens (including phenoxy) is 1. The Bertz CT molecular complexity index is 910. The largest absolute Gasteiger partial charge is 0.449 e. The average Bonchev–Trinajstić information content (AvgIpc) is 3.11. The molecule has 26 heavy (non-hydrogen) atoms. The van der Waals surface area contributed by atoms with Gasteiger partial charge in [0.05, 0.1) is 11.3 Å². The van der Waals surface area contributed by atoms with E-state index in [1.807, 2.05) is 35.7 Å². The molecular formula is C19H15FN2O3S. The molecule has 0 saturated carbocycles. The van der Waals surface area contributed by atoms with Gasteiger partial charge >= 0.3 is 5.97 Å². The first-order chi connectivity index (χ1) is 12.5. The maximum Gasteiger partial charge on any atom is 0.338 e. The summed E-state index contributed by atoms with van der Waals surface area (Å²) >= 11 is 1.28. The van der Waals surface area contributed by atoms with Crippen LogP contribution in [-0.2, 0) is 9.53 Å². The molecule has 132 valence electrons. The molecule has 2 aromatic carbocycles. The van der Waals surface area contributed by atoms with E-state index >= 15 is 0 Å². The van der Waals surface area contributed by atoms with Crippen LogP contribution < -0.4 is 5.32 Å². The van der Waals surface area contributed by atoms with Crippen molar-refractivity contribution in [1.82, 2.24) is 4.98 Å². The lowest BCUT2D eigenvalue weighted by molar-refractivity contribution is -0.123. The number of esters is 1. The van der Waals surface area contributed by atoms with Gasteiger partial charge < -0.3 is 4.74 Å². The molecule has 3 aromatic rings. The summed E-state index contributed by atoms with van der Waals surface area (Å²) in [5.41, 5.74) is 1.87. The second-order valence-electron chi connectivity index (χ2n) is 5.45. The minimum atomic E-state index is -1.02. The number of nitrogens with zero attached hydrogens (tertiary/aromatic N) is 1. The highest BCUT2D eigenvalue weighted by Crippen LogP contribution is 2.24. The lowest BCUT2D eigenvalue weighted by Gasteiger charge is -2.12. The molecule has 0 spiro atoms. The zero-order valence-electron chi connectivity index (χ0n) is 13.8. The number of anilines is 1. The first-order valence-electron chi connectivity index (χ1n) is 7.81. The standard InChI is InChI=1S/C19H15FN2O3S/c1-12(25-18(24)14-7-9-15(20)10-8-14)17(23)22-19-21-16(11-26-19)13-5-3-2-4-6-13/h2-12H,1H3,(H,21,22,23). The second-order valence-corrected chi connectivity index (χ2v) is 6.31. The summed E-state index contributed by atoms with van der Waals surface area (Å²) in [5, 5.41) is 4.88. The van der Waals surface area contributed by atoms with Crippen LogP contribution in [0.25, 0.3) is 11.3 Å². The third kappa shape index (κ3) is 4.31. The molecule has 0 fully saturated rings. The number of aromatic nitrogens is 1. The van der Waals surface area contributed by atoms with Crippen LogP contribution in [0.5, 0.6) is 0 Å². The quantitative estimate of drug-likeness (QED) is 0.686. The van der Waals surface area contributed by atoms with Gasteiger partial charge in [-0.1, -0.05) is 30.3 Å². The summed E-state index contributed by atoms with van der Waals surface area (Å²) in [6, 6.07) is 14.5. The normalized spacial score (nSPS) is 11.6. The van der Waals surface area contributed by atoms with Gasteiger partial charge in [-0.05, 0) is 31.2 Å². The summed E-state index contributed by atoms with van der Waals surface area (Å²) < 4.78 is 18.0. The number of hydrogen-bond acceptors (Lipinski definition) is 5. The number of nitrogens with one attached hydrogen (secondary N) is 1. The fourth-order valence-electron chi connectivity index (χ4n) is 2.15. The molecule has 1 heterocycles. The van der Waals surface area contributed by atoms with Crippen molar-refractivity contribution < 1.29 is 18.7 Å². The number of benzene rings is 2. The van der Waals surface area contributed by atoms with Gasteiger partial charge in [-0.3, -0.25) is 10.1 Å². The minimum absolute atomic E-state index is 0.173. The smallest absolute Gasteiger partial charge is 0.338 e. The van der Waals surface area contributed by atoms with Gasteiger partial charge in [0, 0.05) is 10.9 Å². The molecule has 1 unspecified atom stereocenters. The lowest BCUT2D eigenvalue weighted by Crippen LogP contribution is -2.29. The first-order valence-corrected chi connectivity index (χ1v) is 8.69. The van der Waals surface area contributed by atoms with Crippen LogP contribution >= 0.6 is 11.3 Å². The van der Waals surface area contributed by atoms with E-state index in [1.54, 1.807) is 0 Å². The molecule has 5 nitrogen and oxygen atoms in total. The molecule has 1 aromatic heterocycles. The fourth-order valence-corrected chi connectivity index (χ4v) is 2.87. The number of halogens is 1. The van der Waals surface area contributed by atoms with Crippen LogP contribution in [0.2, 0.25) is 0 Å². The summed E-state index contributed by atoms with van der Waals surface area (Å²) in [7, 11) is 0. The molecule has 0 aliphatic rings. The molecular weight excluding hydrogens is 355 g/mol. The Hall–Kier alpha value is -3.06. The van der Waals surface area contributed by atoms with Crippen LogP contribution in [0.3, 0.4) is 0 Å². The SMILES string of the molecule is CC(OC(=O)c1ccc(F)cc1)C(=O)Nc1nc(-c2ccccc2)cs1. The molecule has 1 amide bonds. The van der Waals surface area contributed by atoms with E-state index in [9.17, 15) is 14.0 Å². The highest BCUT2D eigenvalue weighted by atomic mass is 32.1. The predicted octanol–water partition coefficient (Wildman–Crippen LogP) is 4.13. The van der Waals surface area contributed by atoms with Crippen molar-refractivity contribution >= 4 is 28.3 Å². The van der Waals surface area contributed by atoms with Crippen molar-refractivity contribution in [3.05, 3.63) is 71.4 Å². The van der Waals surface area contributed by atoms with Crippen molar-refractivity contribution in [2.45, 2.75) is 13.0 Å². The maximum absolute atomic E-state index is 12.9. The van der Waals surface area contributed by atoms with Gasteiger partial charge in [0.2, 0.25) is 0 Å². The first kappa shape index (κ1) is 17.8. The van der Waals surface area contributed by atoms with Gasteiger partial charge in [0.15, 0.2) is 11.2 Å². The molecule has 3 rings (SSSR count). The monoisotopic (exact) mass is 370 g/mol. The van der Waals surface area contributed by atoms with E-state index in [1.165, 1.54) is 30.4 Å². The minimum Gasteiger partial charge on any atom is -0.449 e. The highest BCUT2D eigenvalue weighted by molar-refractivity contribution is 7.14. The van der Waals surface area contributed by atoms with Crippen molar-refractivity contribution in [2.75, 3.05) is 5.32 Å². The molecule has 1 N–H and O–H groups in total. The van der Waals surface area contributed by atoms with E-state index in [0.717, 1.165) is 23.4 Å². The lowest BCUT2D eigenvalue weighted by atomic mass is 10.2. The van der Waals surface area contributed by atoms with E-state index < -0.39 is 23.8 Å². The zero-order chi connectivity index (χ0) is 18.5. The maximum atomic E-state index is 12.9. The fraction of sp³-hybridized carbons (Fsp3) is 0.105. The Kier molecular flexibility index (Phi) is 5.38. The number of carbonyl (C=O) groups excluding carboxylic acids is 2. The third-order valence-corrected chi connectivity index (χ3v) is 4.29. The van der Waals surface area contributed by atoms with Crippen LogP contribution in [0.15, 0.2) is 60.0 Å². The van der Waals surface area contributed by atoms with Crippen molar-refractivity contribution in [2.24, 2.45) is 0 Å². The second kappa shape index (κ2) is 7.88. The summed E-state index contributed by atoms with van der Waals surface area (Å²) in [6.07, 6.45) is -1.02. The Labute approximate surface area is 153 Å². The Morgan fingerprint density at radius 1 is 1.12 bits per heavy atom. The van der Waals surface area contributed by atoms with Gasteiger partial charge in [-0.15, -0.1) is 11.3 Å². The zero-order valence-corrected chi connectivity index (χ0v) is 14.6. The highest BCUT2D eigenvalue weighted by Gasteiger charge is 2.20. The predicted molar refractivity (Wildman–Crippen MR) is 97.5 cm³/mol. The van der Waals surface area contributed by atoms with E-state index in [4.69, 9.17) is 4.74 Å².